The van der Waals surface area contributed by atoms with Crippen LogP contribution in [0.2, 0.25) is 0 Å². The first-order valence-electron chi connectivity index (χ1n) is 14.5. The molecule has 0 saturated carbocycles. The number of aliphatic carboxylic acids is 1. The predicted molar refractivity (Wildman–Crippen MR) is 169 cm³/mol. The number of nitrogens with one attached hydrogen (secondary N) is 2. The van der Waals surface area contributed by atoms with Gasteiger partial charge in [0.1, 0.15) is 12.1 Å². The predicted octanol–water partition coefficient (Wildman–Crippen LogP) is 3.97. The highest BCUT2D eigenvalue weighted by Crippen LogP contribution is 2.23. The molecule has 0 aliphatic heterocycles. The van der Waals surface area contributed by atoms with E-state index in [1.165, 1.54) is 24.3 Å². The standard InChI is InChI=1S/C32H41N3O7S2/c1-24(2)23-35(44(41,42)28-19-17-25(3)18-20-28)30(32(37)38)16-10-11-21-33-31(36)29(22-26-12-6-4-7-13-26)34-43(39,40)27-14-8-5-9-15-27/h4-9,12-15,17-20,24,29-30,34H,10-11,16,21-23H2,1-3H3,(H,33,36)(H,37,38)/t29-,30-/m0/s1. The molecule has 0 aliphatic carbocycles. The zero-order valence-corrected chi connectivity index (χ0v) is 26.9. The molecule has 3 aromatic carbocycles. The Morgan fingerprint density at radius 2 is 1.41 bits per heavy atom. The maximum Gasteiger partial charge on any atom is 0.322 e. The van der Waals surface area contributed by atoms with Gasteiger partial charge in [0.15, 0.2) is 0 Å². The summed E-state index contributed by atoms with van der Waals surface area (Å²) in [7, 11) is -8.06. The summed E-state index contributed by atoms with van der Waals surface area (Å²) in [6.07, 6.45) is 0.839. The number of aryl methyl sites for hydroxylation is 1. The van der Waals surface area contributed by atoms with Gasteiger partial charge in [-0.15, -0.1) is 0 Å². The summed E-state index contributed by atoms with van der Waals surface area (Å²) in [4.78, 5) is 25.6. The van der Waals surface area contributed by atoms with Crippen LogP contribution in [0.25, 0.3) is 0 Å². The number of hydrogen-bond donors (Lipinski definition) is 3. The number of carboxylic acid groups (broad SMARTS) is 1. The minimum atomic E-state index is -4.08. The Kier molecular flexibility index (Phi) is 12.6. The van der Waals surface area contributed by atoms with E-state index in [1.807, 2.05) is 26.8 Å². The Hall–Kier alpha value is -3.58. The summed E-state index contributed by atoms with van der Waals surface area (Å²) in [5.41, 5.74) is 1.66. The monoisotopic (exact) mass is 643 g/mol. The first-order valence-corrected chi connectivity index (χ1v) is 17.4. The van der Waals surface area contributed by atoms with E-state index in [2.05, 4.69) is 10.0 Å². The van der Waals surface area contributed by atoms with Crippen LogP contribution in [-0.4, -0.2) is 63.3 Å². The highest BCUT2D eigenvalue weighted by atomic mass is 32.2. The second-order valence-electron chi connectivity index (χ2n) is 11.1. The van der Waals surface area contributed by atoms with Crippen molar-refractivity contribution >= 4 is 31.9 Å². The molecule has 0 bridgehead atoms. The molecule has 0 fully saturated rings. The van der Waals surface area contributed by atoms with Gasteiger partial charge in [-0.1, -0.05) is 80.1 Å². The molecule has 0 saturated heterocycles. The number of carbonyl (C=O) groups is 2. The van der Waals surface area contributed by atoms with Crippen LogP contribution in [0.1, 0.15) is 44.2 Å². The van der Waals surface area contributed by atoms with Gasteiger partial charge in [-0.3, -0.25) is 9.59 Å². The van der Waals surface area contributed by atoms with Gasteiger partial charge in [-0.25, -0.2) is 16.8 Å². The molecule has 0 heterocycles. The van der Waals surface area contributed by atoms with E-state index in [0.29, 0.717) is 12.8 Å². The molecule has 0 aliphatic rings. The molecular formula is C32H41N3O7S2. The van der Waals surface area contributed by atoms with Crippen LogP contribution in [-0.2, 0) is 36.1 Å². The topological polar surface area (TPSA) is 150 Å². The number of carboxylic acids is 1. The van der Waals surface area contributed by atoms with Gasteiger partial charge in [0.2, 0.25) is 26.0 Å². The number of amides is 1. The lowest BCUT2D eigenvalue weighted by Crippen LogP contribution is -2.48. The number of rotatable bonds is 17. The van der Waals surface area contributed by atoms with Crippen molar-refractivity contribution in [1.82, 2.24) is 14.3 Å². The van der Waals surface area contributed by atoms with Gasteiger partial charge in [0, 0.05) is 13.1 Å². The van der Waals surface area contributed by atoms with Gasteiger partial charge in [0.05, 0.1) is 9.79 Å². The Morgan fingerprint density at radius 1 is 0.818 bits per heavy atom. The van der Waals surface area contributed by atoms with E-state index in [-0.39, 0.29) is 41.6 Å². The van der Waals surface area contributed by atoms with Crippen LogP contribution >= 0.6 is 0 Å². The van der Waals surface area contributed by atoms with Crippen molar-refractivity contribution in [2.24, 2.45) is 5.92 Å². The molecule has 12 heteroatoms. The Morgan fingerprint density at radius 3 is 1.98 bits per heavy atom. The van der Waals surface area contributed by atoms with Crippen molar-refractivity contribution in [2.75, 3.05) is 13.1 Å². The number of unbranched alkanes of at least 4 members (excludes halogenated alkanes) is 1. The minimum absolute atomic E-state index is 0.0321. The van der Waals surface area contributed by atoms with Crippen LogP contribution in [0.3, 0.4) is 0 Å². The average molecular weight is 644 g/mol. The van der Waals surface area contributed by atoms with Crippen LogP contribution in [0.5, 0.6) is 0 Å². The fraction of sp³-hybridized carbons (Fsp3) is 0.375. The molecule has 0 aromatic heterocycles. The van der Waals surface area contributed by atoms with Gasteiger partial charge >= 0.3 is 5.97 Å². The quantitative estimate of drug-likeness (QED) is 0.188. The third kappa shape index (κ3) is 9.98. The summed E-state index contributed by atoms with van der Waals surface area (Å²) >= 11 is 0. The number of hydrogen-bond acceptors (Lipinski definition) is 6. The van der Waals surface area contributed by atoms with Crippen LogP contribution < -0.4 is 10.0 Å². The lowest BCUT2D eigenvalue weighted by Gasteiger charge is -2.29. The Bertz CT molecular complexity index is 1580. The van der Waals surface area contributed by atoms with Gasteiger partial charge in [-0.05, 0) is 68.4 Å². The maximum absolute atomic E-state index is 13.5. The molecule has 2 atom stereocenters. The molecule has 3 N–H and O–H groups in total. The maximum atomic E-state index is 13.5. The summed E-state index contributed by atoms with van der Waals surface area (Å²) < 4.78 is 56.5. The minimum Gasteiger partial charge on any atom is -0.480 e. The number of sulfonamides is 2. The zero-order valence-electron chi connectivity index (χ0n) is 25.2. The average Bonchev–Trinajstić information content (AvgIpc) is 2.98. The smallest absolute Gasteiger partial charge is 0.322 e. The van der Waals surface area contributed by atoms with Crippen LogP contribution in [0.15, 0.2) is 94.7 Å². The van der Waals surface area contributed by atoms with Gasteiger partial charge < -0.3 is 10.4 Å². The van der Waals surface area contributed by atoms with E-state index < -0.39 is 44.0 Å². The molecule has 0 spiro atoms. The second-order valence-corrected chi connectivity index (χ2v) is 14.7. The molecule has 3 rings (SSSR count). The third-order valence-electron chi connectivity index (χ3n) is 6.96. The molecular weight excluding hydrogens is 603 g/mol. The number of nitrogens with zero attached hydrogens (tertiary/aromatic N) is 1. The van der Waals surface area contributed by atoms with Crippen molar-refractivity contribution in [3.8, 4) is 0 Å². The summed E-state index contributed by atoms with van der Waals surface area (Å²) in [6, 6.07) is 20.7. The van der Waals surface area contributed by atoms with E-state index >= 15 is 0 Å². The molecule has 238 valence electrons. The zero-order chi connectivity index (χ0) is 32.3. The summed E-state index contributed by atoms with van der Waals surface area (Å²) in [5.74, 6) is -1.88. The van der Waals surface area contributed by atoms with Crippen molar-refractivity contribution in [2.45, 2.75) is 68.3 Å². The molecule has 10 nitrogen and oxygen atoms in total. The van der Waals surface area contributed by atoms with Crippen molar-refractivity contribution in [3.05, 3.63) is 96.1 Å². The SMILES string of the molecule is Cc1ccc(S(=O)(=O)N(CC(C)C)[C@@H](CCCCNC(=O)[C@H](Cc2ccccc2)NS(=O)(=O)c2ccccc2)C(=O)O)cc1. The highest BCUT2D eigenvalue weighted by molar-refractivity contribution is 7.89. The molecule has 1 amide bonds. The number of benzene rings is 3. The largest absolute Gasteiger partial charge is 0.480 e. The highest BCUT2D eigenvalue weighted by Gasteiger charge is 2.36. The summed E-state index contributed by atoms with van der Waals surface area (Å²) in [6.45, 7) is 5.67. The number of carbonyl (C=O) groups excluding carboxylic acids is 1. The molecule has 0 radical (unpaired) electrons. The summed E-state index contributed by atoms with van der Waals surface area (Å²) in [5, 5.41) is 12.8. The lowest BCUT2D eigenvalue weighted by molar-refractivity contribution is -0.142. The van der Waals surface area contributed by atoms with Crippen LogP contribution in [0, 0.1) is 12.8 Å². The van der Waals surface area contributed by atoms with Crippen molar-refractivity contribution in [3.63, 3.8) is 0 Å². The van der Waals surface area contributed by atoms with Crippen molar-refractivity contribution < 1.29 is 31.5 Å². The fourth-order valence-corrected chi connectivity index (χ4v) is 7.67. The molecule has 0 unspecified atom stereocenters. The molecule has 3 aromatic rings. The van der Waals surface area contributed by atoms with E-state index in [0.717, 1.165) is 15.4 Å². The van der Waals surface area contributed by atoms with E-state index in [9.17, 15) is 31.5 Å². The Balaban J connectivity index is 1.67. The molecule has 44 heavy (non-hydrogen) atoms. The first-order chi connectivity index (χ1) is 20.8. The fourth-order valence-electron chi connectivity index (χ4n) is 4.68. The third-order valence-corrected chi connectivity index (χ3v) is 10.3. The van der Waals surface area contributed by atoms with Crippen LogP contribution in [0.4, 0.5) is 0 Å². The Labute approximate surface area is 260 Å². The van der Waals surface area contributed by atoms with Gasteiger partial charge in [0.25, 0.3) is 0 Å². The normalized spacial score (nSPS) is 13.5. The first kappa shape index (κ1) is 34.9. The van der Waals surface area contributed by atoms with Crippen molar-refractivity contribution in [1.29, 1.82) is 0 Å². The van der Waals surface area contributed by atoms with Gasteiger partial charge in [-0.2, -0.15) is 9.03 Å². The second kappa shape index (κ2) is 15.9. The van der Waals surface area contributed by atoms with E-state index in [1.54, 1.807) is 54.6 Å². The van der Waals surface area contributed by atoms with E-state index in [4.69, 9.17) is 0 Å². The lowest BCUT2D eigenvalue weighted by atomic mass is 10.1.